The zero-order valence-electron chi connectivity index (χ0n) is 25.3. The van der Waals surface area contributed by atoms with Gasteiger partial charge in [-0.15, -0.1) is 0 Å². The summed E-state index contributed by atoms with van der Waals surface area (Å²) in [5.74, 6) is -0.691. The van der Waals surface area contributed by atoms with E-state index in [1.165, 1.54) is 75.5 Å². The summed E-state index contributed by atoms with van der Waals surface area (Å²) in [4.78, 5) is 63.0. The number of hydrogen-bond donors (Lipinski definition) is 3. The van der Waals surface area contributed by atoms with Crippen molar-refractivity contribution in [3.8, 4) is 0 Å². The molecule has 4 rings (SSSR count). The van der Waals surface area contributed by atoms with Crippen LogP contribution in [0.5, 0.6) is 0 Å². The van der Waals surface area contributed by atoms with Crippen molar-refractivity contribution in [2.75, 3.05) is 12.9 Å². The number of rotatable bonds is 10. The van der Waals surface area contributed by atoms with Crippen LogP contribution in [0.4, 0.5) is 10.5 Å². The van der Waals surface area contributed by atoms with Gasteiger partial charge in [0.25, 0.3) is 5.91 Å². The van der Waals surface area contributed by atoms with Crippen LogP contribution in [0.15, 0.2) is 54.7 Å². The maximum absolute atomic E-state index is 13.4. The summed E-state index contributed by atoms with van der Waals surface area (Å²) in [5, 5.41) is 13.5. The molecule has 2 unspecified atom stereocenters. The summed E-state index contributed by atoms with van der Waals surface area (Å²) >= 11 is 1.17. The Morgan fingerprint density at radius 3 is 2.30 bits per heavy atom. The molecule has 3 atom stereocenters. The zero-order chi connectivity index (χ0) is 31.9. The van der Waals surface area contributed by atoms with Crippen LogP contribution < -0.4 is 15.3 Å². The number of nitrogens with zero attached hydrogens (tertiary/aromatic N) is 1. The number of para-hydroxylation sites is 1. The summed E-state index contributed by atoms with van der Waals surface area (Å²) in [6, 6.07) is 12.3. The van der Waals surface area contributed by atoms with Crippen LogP contribution in [-0.2, 0) is 14.3 Å². The first-order chi connectivity index (χ1) is 21.0. The third-order valence-electron chi connectivity index (χ3n) is 8.24. The highest BCUT2D eigenvalue weighted by Crippen LogP contribution is 2.41. The van der Waals surface area contributed by atoms with Gasteiger partial charge in [0.1, 0.15) is 6.20 Å². The van der Waals surface area contributed by atoms with E-state index in [2.05, 4.69) is 10.7 Å². The van der Waals surface area contributed by atoms with E-state index >= 15 is 0 Å². The molecular weight excluding hydrogens is 582 g/mol. The van der Waals surface area contributed by atoms with Crippen LogP contribution >= 0.6 is 11.8 Å². The van der Waals surface area contributed by atoms with Crippen molar-refractivity contribution in [2.45, 2.75) is 64.8 Å². The number of nitrogens with one attached hydrogen (secondary N) is 2. The number of thioether (sulfide) groups is 1. The van der Waals surface area contributed by atoms with E-state index in [1.54, 1.807) is 24.3 Å². The predicted molar refractivity (Wildman–Crippen MR) is 170 cm³/mol. The van der Waals surface area contributed by atoms with Crippen molar-refractivity contribution in [3.05, 3.63) is 71.4 Å². The predicted octanol–water partition coefficient (Wildman–Crippen LogP) is 5.92. The highest BCUT2D eigenvalue weighted by molar-refractivity contribution is 8.13. The van der Waals surface area contributed by atoms with Gasteiger partial charge in [0.15, 0.2) is 10.8 Å². The van der Waals surface area contributed by atoms with Gasteiger partial charge in [-0.05, 0) is 56.0 Å². The highest BCUT2D eigenvalue weighted by Gasteiger charge is 2.48. The Hall–Kier alpha value is -3.96. The second-order valence-electron chi connectivity index (χ2n) is 11.5. The Labute approximate surface area is 261 Å². The SMILES string of the molecule is COC(=O)c1ccc(C(=O)N[N+]2(C(=O)O)C=C(C[C@@H](C)NC(=O)C(CSC(C)=O)CC3CCCCC3)c3ccccc32)cc1. The lowest BCUT2D eigenvalue weighted by Gasteiger charge is -2.27. The van der Waals surface area contributed by atoms with E-state index < -0.39 is 22.6 Å². The van der Waals surface area contributed by atoms with Gasteiger partial charge in [0.2, 0.25) is 5.91 Å². The summed E-state index contributed by atoms with van der Waals surface area (Å²) in [7, 11) is 1.26. The number of carbonyl (C=O) groups is 5. The van der Waals surface area contributed by atoms with Crippen LogP contribution in [0, 0.1) is 11.8 Å². The molecule has 2 aliphatic rings. The van der Waals surface area contributed by atoms with Crippen molar-refractivity contribution in [1.82, 2.24) is 15.3 Å². The molecule has 0 aromatic heterocycles. The van der Waals surface area contributed by atoms with Crippen LogP contribution in [0.2, 0.25) is 0 Å². The highest BCUT2D eigenvalue weighted by atomic mass is 32.2. The Bertz CT molecular complexity index is 1440. The quantitative estimate of drug-likeness (QED) is 0.219. The Kier molecular flexibility index (Phi) is 11.0. The lowest BCUT2D eigenvalue weighted by Crippen LogP contribution is -2.60. The van der Waals surface area contributed by atoms with Crippen molar-refractivity contribution < 1.29 is 33.8 Å². The third-order valence-corrected chi connectivity index (χ3v) is 9.22. The molecule has 2 aromatic rings. The van der Waals surface area contributed by atoms with Crippen molar-refractivity contribution in [2.24, 2.45) is 11.8 Å². The monoisotopic (exact) mass is 622 g/mol. The normalized spacial score (nSPS) is 19.2. The van der Waals surface area contributed by atoms with Gasteiger partial charge in [0.05, 0.1) is 12.7 Å². The molecule has 1 aliphatic carbocycles. The minimum atomic E-state index is -1.31. The average Bonchev–Trinajstić information content (AvgIpc) is 3.32. The molecule has 44 heavy (non-hydrogen) atoms. The molecule has 0 radical (unpaired) electrons. The summed E-state index contributed by atoms with van der Waals surface area (Å²) in [5.41, 5.74) is 4.76. The van der Waals surface area contributed by atoms with Gasteiger partial charge in [-0.1, -0.05) is 60.6 Å². The first-order valence-electron chi connectivity index (χ1n) is 14.9. The van der Waals surface area contributed by atoms with Crippen LogP contribution in [0.1, 0.15) is 85.1 Å². The van der Waals surface area contributed by atoms with Crippen LogP contribution in [0.3, 0.4) is 0 Å². The Morgan fingerprint density at radius 2 is 1.66 bits per heavy atom. The molecule has 234 valence electrons. The van der Waals surface area contributed by atoms with Crippen LogP contribution in [0.25, 0.3) is 5.57 Å². The Morgan fingerprint density at radius 1 is 1.00 bits per heavy atom. The molecule has 2 aromatic carbocycles. The molecule has 3 N–H and O–H groups in total. The average molecular weight is 623 g/mol. The number of methoxy groups -OCH3 is 1. The molecule has 0 spiro atoms. The fourth-order valence-electron chi connectivity index (χ4n) is 6.02. The van der Waals surface area contributed by atoms with Gasteiger partial charge >= 0.3 is 12.1 Å². The molecule has 0 saturated heterocycles. The summed E-state index contributed by atoms with van der Waals surface area (Å²) in [6.07, 6.45) is 7.02. The number of ether oxygens (including phenoxy) is 1. The lowest BCUT2D eigenvalue weighted by atomic mass is 9.83. The van der Waals surface area contributed by atoms with Gasteiger partial charge in [-0.25, -0.2) is 4.79 Å². The maximum atomic E-state index is 13.4. The summed E-state index contributed by atoms with van der Waals surface area (Å²) in [6.45, 7) is 3.38. The standard InChI is InChI=1S/C33H39N3O7S/c1-21(34-30(38)27(20-44-22(2)37)18-23-9-5-4-6-10-23)17-26-19-36(33(41)42,29-12-8-7-11-28(26)29)35-31(39)24-13-15-25(16-14-24)32(40)43-3/h7-8,11-16,19,21,23,27H,4-6,9-10,17-18,20H2,1-3H3,(H2-,34,35,38,39,41,42)/p+1/t21-,27?,36?/m1/s1. The van der Waals surface area contributed by atoms with Crippen molar-refractivity contribution in [3.63, 3.8) is 0 Å². The van der Waals surface area contributed by atoms with Gasteiger partial charge in [-0.3, -0.25) is 14.4 Å². The van der Waals surface area contributed by atoms with E-state index in [0.717, 1.165) is 19.3 Å². The first kappa shape index (κ1) is 32.9. The van der Waals surface area contributed by atoms with Crippen LogP contribution in [-0.4, -0.2) is 53.0 Å². The molecule has 0 bridgehead atoms. The molecule has 1 fully saturated rings. The fraction of sp³-hybridized carbons (Fsp3) is 0.424. The van der Waals surface area contributed by atoms with E-state index in [4.69, 9.17) is 4.74 Å². The molecule has 1 heterocycles. The minimum Gasteiger partial charge on any atom is -0.465 e. The molecule has 3 amide bonds. The number of esters is 1. The van der Waals surface area contributed by atoms with Gasteiger partial charge in [0, 0.05) is 47.4 Å². The molecule has 10 nitrogen and oxygen atoms in total. The number of quaternary nitrogens is 1. The zero-order valence-corrected chi connectivity index (χ0v) is 26.2. The van der Waals surface area contributed by atoms with Gasteiger partial charge in [-0.2, -0.15) is 10.2 Å². The smallest absolute Gasteiger partial charge is 0.465 e. The lowest BCUT2D eigenvalue weighted by molar-refractivity contribution is -0.125. The molecule has 1 saturated carbocycles. The number of hydrogen-bond acceptors (Lipinski definition) is 7. The number of fused-ring (bicyclic) bond motifs is 1. The van der Waals surface area contributed by atoms with E-state index in [0.29, 0.717) is 34.9 Å². The molecule has 1 aliphatic heterocycles. The number of carbonyl (C=O) groups excluding carboxylic acids is 4. The Balaban J connectivity index is 1.52. The number of benzene rings is 2. The molecular formula is C33H40N3O7S+. The largest absolute Gasteiger partial charge is 0.549 e. The first-order valence-corrected chi connectivity index (χ1v) is 15.9. The van der Waals surface area contributed by atoms with E-state index in [1.807, 2.05) is 6.92 Å². The van der Waals surface area contributed by atoms with E-state index in [-0.39, 0.29) is 34.1 Å². The third kappa shape index (κ3) is 7.75. The number of amides is 3. The summed E-state index contributed by atoms with van der Waals surface area (Å²) < 4.78 is 3.74. The maximum Gasteiger partial charge on any atom is 0.549 e. The fourth-order valence-corrected chi connectivity index (χ4v) is 6.75. The van der Waals surface area contributed by atoms with Crippen molar-refractivity contribution in [1.29, 1.82) is 0 Å². The second-order valence-corrected chi connectivity index (χ2v) is 12.7. The second kappa shape index (κ2) is 14.7. The number of carboxylic acid groups (broad SMARTS) is 1. The topological polar surface area (TPSA) is 139 Å². The van der Waals surface area contributed by atoms with E-state index in [9.17, 15) is 29.1 Å². The molecule has 11 heteroatoms. The minimum absolute atomic E-state index is 0.0172. The van der Waals surface area contributed by atoms with Gasteiger partial charge < -0.3 is 15.2 Å². The van der Waals surface area contributed by atoms with Crippen molar-refractivity contribution >= 4 is 52.0 Å².